The van der Waals surface area contributed by atoms with Gasteiger partial charge in [0, 0.05) is 5.56 Å². The molecule has 0 spiro atoms. The van der Waals surface area contributed by atoms with Gasteiger partial charge in [0.15, 0.2) is 0 Å². The lowest BCUT2D eigenvalue weighted by Gasteiger charge is -2.14. The van der Waals surface area contributed by atoms with Gasteiger partial charge < -0.3 is 0 Å². The Bertz CT molecular complexity index is 558. The van der Waals surface area contributed by atoms with E-state index in [1.807, 2.05) is 18.2 Å². The lowest BCUT2D eigenvalue weighted by molar-refractivity contribution is 0.603. The number of hydrogen-bond acceptors (Lipinski definition) is 0. The maximum absolute atomic E-state index is 14.1. The van der Waals surface area contributed by atoms with Gasteiger partial charge in [0.25, 0.3) is 0 Å². The van der Waals surface area contributed by atoms with Gasteiger partial charge >= 0.3 is 0 Å². The van der Waals surface area contributed by atoms with Crippen molar-refractivity contribution in [2.24, 2.45) is 0 Å². The van der Waals surface area contributed by atoms with Crippen molar-refractivity contribution in [3.63, 3.8) is 0 Å². The van der Waals surface area contributed by atoms with E-state index in [-0.39, 0.29) is 5.82 Å². The van der Waals surface area contributed by atoms with E-state index in [0.29, 0.717) is 17.0 Å². The van der Waals surface area contributed by atoms with Gasteiger partial charge in [-0.1, -0.05) is 56.3 Å². The molecule has 0 heterocycles. The quantitative estimate of drug-likeness (QED) is 0.642. The Kier molecular flexibility index (Phi) is 4.26. The highest BCUT2D eigenvalue weighted by Crippen LogP contribution is 2.32. The first kappa shape index (κ1) is 14.1. The van der Waals surface area contributed by atoms with Gasteiger partial charge in [0.2, 0.25) is 0 Å². The van der Waals surface area contributed by atoms with Crippen molar-refractivity contribution < 1.29 is 4.39 Å². The van der Waals surface area contributed by atoms with E-state index in [9.17, 15) is 4.39 Å². The first-order valence-electron chi connectivity index (χ1n) is 6.49. The Hall–Kier alpha value is -1.34. The van der Waals surface area contributed by atoms with Crippen LogP contribution in [0, 0.1) is 12.7 Å². The predicted molar refractivity (Wildman–Crippen MR) is 79.4 cm³/mol. The van der Waals surface area contributed by atoms with Crippen LogP contribution in [0.3, 0.4) is 0 Å². The molecule has 0 aliphatic carbocycles. The summed E-state index contributed by atoms with van der Waals surface area (Å²) >= 11 is 6.40. The molecule has 0 aliphatic heterocycles. The molecule has 0 N–H and O–H groups in total. The minimum atomic E-state index is -0.443. The predicted octanol–water partition coefficient (Wildman–Crippen LogP) is 5.59. The molecule has 0 radical (unpaired) electrons. The molecule has 1 atom stereocenters. The van der Waals surface area contributed by atoms with Crippen LogP contribution in [-0.4, -0.2) is 0 Å². The van der Waals surface area contributed by atoms with Gasteiger partial charge in [-0.05, 0) is 29.5 Å². The molecule has 2 rings (SSSR count). The molecule has 100 valence electrons. The highest BCUT2D eigenvalue weighted by molar-refractivity contribution is 6.22. The first-order chi connectivity index (χ1) is 9.00. The minimum Gasteiger partial charge on any atom is -0.206 e. The van der Waals surface area contributed by atoms with Crippen LogP contribution >= 0.6 is 11.6 Å². The fourth-order valence-electron chi connectivity index (χ4n) is 2.10. The summed E-state index contributed by atoms with van der Waals surface area (Å²) in [4.78, 5) is 0. The summed E-state index contributed by atoms with van der Waals surface area (Å²) < 4.78 is 14.1. The van der Waals surface area contributed by atoms with E-state index in [2.05, 4.69) is 26.0 Å². The van der Waals surface area contributed by atoms with Gasteiger partial charge in [-0.15, -0.1) is 11.6 Å². The number of aryl methyl sites for hydroxylation is 1. The monoisotopic (exact) mass is 276 g/mol. The Morgan fingerprint density at radius 1 is 0.947 bits per heavy atom. The Morgan fingerprint density at radius 3 is 2.11 bits per heavy atom. The van der Waals surface area contributed by atoms with E-state index in [1.165, 1.54) is 5.56 Å². The third-order valence-electron chi connectivity index (χ3n) is 3.39. The molecule has 0 saturated heterocycles. The maximum atomic E-state index is 14.1. The van der Waals surface area contributed by atoms with Gasteiger partial charge in [-0.2, -0.15) is 0 Å². The second-order valence-electron chi connectivity index (χ2n) is 5.16. The van der Waals surface area contributed by atoms with Crippen molar-refractivity contribution in [2.45, 2.75) is 32.1 Å². The van der Waals surface area contributed by atoms with Gasteiger partial charge in [-0.25, -0.2) is 4.39 Å². The molecule has 0 aliphatic rings. The summed E-state index contributed by atoms with van der Waals surface area (Å²) in [6.45, 7) is 6.05. The van der Waals surface area contributed by atoms with E-state index in [1.54, 1.807) is 19.1 Å². The lowest BCUT2D eigenvalue weighted by Crippen LogP contribution is -1.99. The number of alkyl halides is 1. The zero-order valence-electron chi connectivity index (χ0n) is 11.5. The summed E-state index contributed by atoms with van der Waals surface area (Å²) in [5.41, 5.74) is 3.36. The van der Waals surface area contributed by atoms with Crippen LogP contribution in [0.15, 0.2) is 42.5 Å². The molecule has 0 fully saturated rings. The highest BCUT2D eigenvalue weighted by Gasteiger charge is 2.16. The Morgan fingerprint density at radius 2 is 1.53 bits per heavy atom. The zero-order chi connectivity index (χ0) is 14.0. The van der Waals surface area contributed by atoms with Gasteiger partial charge in [-0.3, -0.25) is 0 Å². The van der Waals surface area contributed by atoms with Crippen LogP contribution in [0.5, 0.6) is 0 Å². The smallest absolute Gasteiger partial charge is 0.131 e. The molecule has 2 heteroatoms. The molecule has 0 aromatic heterocycles. The van der Waals surface area contributed by atoms with Crippen molar-refractivity contribution in [2.75, 3.05) is 0 Å². The molecule has 0 saturated carbocycles. The number of halogens is 2. The topological polar surface area (TPSA) is 0 Å². The maximum Gasteiger partial charge on any atom is 0.131 e. The molecule has 2 aromatic carbocycles. The van der Waals surface area contributed by atoms with E-state index < -0.39 is 5.38 Å². The van der Waals surface area contributed by atoms with E-state index in [4.69, 9.17) is 11.6 Å². The summed E-state index contributed by atoms with van der Waals surface area (Å²) in [7, 11) is 0. The third kappa shape index (κ3) is 2.98. The summed E-state index contributed by atoms with van der Waals surface area (Å²) in [6.07, 6.45) is 0. The fourth-order valence-corrected chi connectivity index (χ4v) is 2.41. The molecule has 1 unspecified atom stereocenters. The van der Waals surface area contributed by atoms with Crippen molar-refractivity contribution in [3.8, 4) is 0 Å². The minimum absolute atomic E-state index is 0.213. The highest BCUT2D eigenvalue weighted by atomic mass is 35.5. The third-order valence-corrected chi connectivity index (χ3v) is 3.88. The number of rotatable bonds is 3. The molecule has 0 bridgehead atoms. The normalized spacial score (nSPS) is 12.7. The van der Waals surface area contributed by atoms with E-state index >= 15 is 0 Å². The van der Waals surface area contributed by atoms with Gasteiger partial charge in [0.05, 0.1) is 5.38 Å². The van der Waals surface area contributed by atoms with Crippen LogP contribution in [0.4, 0.5) is 4.39 Å². The number of benzene rings is 2. The van der Waals surface area contributed by atoms with Gasteiger partial charge in [0.1, 0.15) is 5.82 Å². The van der Waals surface area contributed by atoms with E-state index in [0.717, 1.165) is 5.56 Å². The van der Waals surface area contributed by atoms with Crippen LogP contribution in [0.1, 0.15) is 47.4 Å². The summed E-state index contributed by atoms with van der Waals surface area (Å²) in [5, 5.41) is -0.443. The zero-order valence-corrected chi connectivity index (χ0v) is 12.2. The van der Waals surface area contributed by atoms with Crippen LogP contribution in [-0.2, 0) is 0 Å². The van der Waals surface area contributed by atoms with Crippen LogP contribution in [0.25, 0.3) is 0 Å². The average molecular weight is 277 g/mol. The van der Waals surface area contributed by atoms with Crippen LogP contribution < -0.4 is 0 Å². The van der Waals surface area contributed by atoms with Crippen molar-refractivity contribution in [1.82, 2.24) is 0 Å². The largest absolute Gasteiger partial charge is 0.206 e. The number of hydrogen-bond donors (Lipinski definition) is 0. The molecule has 0 amide bonds. The molecular formula is C17H18ClF. The molecule has 19 heavy (non-hydrogen) atoms. The average Bonchev–Trinajstić information content (AvgIpc) is 2.41. The molecular weight excluding hydrogens is 259 g/mol. The van der Waals surface area contributed by atoms with Crippen molar-refractivity contribution >= 4 is 11.6 Å². The summed E-state index contributed by atoms with van der Waals surface area (Å²) in [5.74, 6) is 0.272. The van der Waals surface area contributed by atoms with Crippen molar-refractivity contribution in [1.29, 1.82) is 0 Å². The standard InChI is InChI=1S/C17H18ClF/c1-11(2)13-7-9-14(10-8-13)16(18)15-6-4-5-12(3)17(15)19/h4-11,16H,1-3H3. The molecule has 2 aromatic rings. The van der Waals surface area contributed by atoms with Crippen LogP contribution in [0.2, 0.25) is 0 Å². The lowest BCUT2D eigenvalue weighted by atomic mass is 9.97. The van der Waals surface area contributed by atoms with Crippen molar-refractivity contribution in [3.05, 3.63) is 70.5 Å². The Balaban J connectivity index is 2.33. The molecule has 0 nitrogen and oxygen atoms in total. The second-order valence-corrected chi connectivity index (χ2v) is 5.60. The Labute approximate surface area is 119 Å². The fraction of sp³-hybridized carbons (Fsp3) is 0.294. The first-order valence-corrected chi connectivity index (χ1v) is 6.93. The SMILES string of the molecule is Cc1cccc(C(Cl)c2ccc(C(C)C)cc2)c1F. The second kappa shape index (κ2) is 5.75. The summed E-state index contributed by atoms with van der Waals surface area (Å²) in [6, 6.07) is 13.4.